The average Bonchev–Trinajstić information content (AvgIpc) is 2.79. The Labute approximate surface area is 175 Å². The molecule has 0 aliphatic rings. The number of carbonyl (C=O) groups excluding carboxylic acids is 2. The van der Waals surface area contributed by atoms with Gasteiger partial charge < -0.3 is 20.1 Å². The number of methoxy groups -OCH3 is 2. The topological polar surface area (TPSA) is 76.7 Å². The van der Waals surface area contributed by atoms with Crippen LogP contribution in [-0.4, -0.2) is 32.6 Å². The first-order valence-corrected chi connectivity index (χ1v) is 9.56. The molecule has 2 N–H and O–H groups in total. The number of benzene rings is 3. The van der Waals surface area contributed by atoms with Gasteiger partial charge in [-0.1, -0.05) is 24.3 Å². The van der Waals surface area contributed by atoms with E-state index >= 15 is 0 Å². The molecular weight excluding hydrogens is 380 g/mol. The Morgan fingerprint density at radius 2 is 1.37 bits per heavy atom. The summed E-state index contributed by atoms with van der Waals surface area (Å²) in [6, 6.07) is 21.4. The van der Waals surface area contributed by atoms with Gasteiger partial charge in [-0.15, -0.1) is 0 Å². The standard InChI is InChI=1S/C24H24N2O4/c1-29-19-11-7-17(8-12-19)15-16-25-24(28)21-5-3-4-6-22(21)26-23(27)18-9-13-20(30-2)14-10-18/h3-14H,15-16H2,1-2H3,(H,25,28)(H,26,27). The molecule has 0 saturated carbocycles. The summed E-state index contributed by atoms with van der Waals surface area (Å²) in [5, 5.41) is 5.72. The number of nitrogens with one attached hydrogen (secondary N) is 2. The maximum atomic E-state index is 12.7. The van der Waals surface area contributed by atoms with E-state index in [9.17, 15) is 9.59 Å². The molecule has 0 fully saturated rings. The SMILES string of the molecule is COc1ccc(CCNC(=O)c2ccccc2NC(=O)c2ccc(OC)cc2)cc1. The second-order valence-corrected chi connectivity index (χ2v) is 6.58. The first kappa shape index (κ1) is 20.9. The maximum Gasteiger partial charge on any atom is 0.255 e. The van der Waals surface area contributed by atoms with Gasteiger partial charge in [-0.05, 0) is 60.5 Å². The van der Waals surface area contributed by atoms with Crippen molar-refractivity contribution in [3.05, 3.63) is 89.5 Å². The monoisotopic (exact) mass is 404 g/mol. The highest BCUT2D eigenvalue weighted by atomic mass is 16.5. The normalized spacial score (nSPS) is 10.2. The van der Waals surface area contributed by atoms with Crippen LogP contribution in [-0.2, 0) is 6.42 Å². The zero-order chi connectivity index (χ0) is 21.3. The lowest BCUT2D eigenvalue weighted by Gasteiger charge is -2.12. The fraction of sp³-hybridized carbons (Fsp3) is 0.167. The van der Waals surface area contributed by atoms with Crippen LogP contribution >= 0.6 is 0 Å². The van der Waals surface area contributed by atoms with E-state index in [-0.39, 0.29) is 11.8 Å². The van der Waals surface area contributed by atoms with E-state index in [2.05, 4.69) is 10.6 Å². The number of carbonyl (C=O) groups is 2. The molecule has 0 heterocycles. The third-order valence-electron chi connectivity index (χ3n) is 4.63. The molecule has 6 nitrogen and oxygen atoms in total. The summed E-state index contributed by atoms with van der Waals surface area (Å²) in [6.45, 7) is 0.478. The molecule has 3 rings (SSSR count). The van der Waals surface area contributed by atoms with Crippen LogP contribution in [0.15, 0.2) is 72.8 Å². The summed E-state index contributed by atoms with van der Waals surface area (Å²) in [7, 11) is 3.19. The summed E-state index contributed by atoms with van der Waals surface area (Å²) in [4.78, 5) is 25.2. The molecule has 2 amide bonds. The minimum Gasteiger partial charge on any atom is -0.497 e. The van der Waals surface area contributed by atoms with Crippen LogP contribution in [0, 0.1) is 0 Å². The molecule has 0 aliphatic carbocycles. The van der Waals surface area contributed by atoms with Gasteiger partial charge in [-0.25, -0.2) is 0 Å². The van der Waals surface area contributed by atoms with Gasteiger partial charge >= 0.3 is 0 Å². The molecule has 154 valence electrons. The number of amides is 2. The van der Waals surface area contributed by atoms with Crippen molar-refractivity contribution >= 4 is 17.5 Å². The van der Waals surface area contributed by atoms with E-state index < -0.39 is 0 Å². The van der Waals surface area contributed by atoms with Crippen LogP contribution < -0.4 is 20.1 Å². The van der Waals surface area contributed by atoms with Crippen LogP contribution in [0.25, 0.3) is 0 Å². The second kappa shape index (κ2) is 10.1. The summed E-state index contributed by atoms with van der Waals surface area (Å²) < 4.78 is 10.3. The highest BCUT2D eigenvalue weighted by molar-refractivity contribution is 6.09. The Hall–Kier alpha value is -3.80. The molecule has 0 atom stereocenters. The Kier molecular flexibility index (Phi) is 7.05. The number of para-hydroxylation sites is 1. The number of anilines is 1. The lowest BCUT2D eigenvalue weighted by Crippen LogP contribution is -2.27. The van der Waals surface area contributed by atoms with Crippen LogP contribution in [0.5, 0.6) is 11.5 Å². The van der Waals surface area contributed by atoms with Crippen LogP contribution in [0.1, 0.15) is 26.3 Å². The highest BCUT2D eigenvalue weighted by Gasteiger charge is 2.14. The average molecular weight is 404 g/mol. The van der Waals surface area contributed by atoms with Crippen molar-refractivity contribution in [2.24, 2.45) is 0 Å². The van der Waals surface area contributed by atoms with Gasteiger partial charge in [0.05, 0.1) is 25.5 Å². The van der Waals surface area contributed by atoms with E-state index in [4.69, 9.17) is 9.47 Å². The Bertz CT molecular complexity index is 998. The molecule has 0 spiro atoms. The Balaban J connectivity index is 1.61. The molecule has 0 unspecified atom stereocenters. The van der Waals surface area contributed by atoms with Crippen molar-refractivity contribution in [2.75, 3.05) is 26.1 Å². The van der Waals surface area contributed by atoms with Crippen molar-refractivity contribution in [2.45, 2.75) is 6.42 Å². The summed E-state index contributed by atoms with van der Waals surface area (Å²) in [5.74, 6) is 0.929. The minimum absolute atomic E-state index is 0.242. The zero-order valence-corrected chi connectivity index (χ0v) is 17.0. The lowest BCUT2D eigenvalue weighted by molar-refractivity contribution is 0.0955. The van der Waals surface area contributed by atoms with Gasteiger partial charge in [0, 0.05) is 12.1 Å². The maximum absolute atomic E-state index is 12.7. The van der Waals surface area contributed by atoms with Crippen molar-refractivity contribution in [3.8, 4) is 11.5 Å². The van der Waals surface area contributed by atoms with E-state index in [0.29, 0.717) is 35.5 Å². The van der Waals surface area contributed by atoms with E-state index in [1.54, 1.807) is 62.8 Å². The first-order valence-electron chi connectivity index (χ1n) is 9.56. The van der Waals surface area contributed by atoms with Crippen molar-refractivity contribution in [1.29, 1.82) is 0 Å². The van der Waals surface area contributed by atoms with Crippen LogP contribution in [0.4, 0.5) is 5.69 Å². The second-order valence-electron chi connectivity index (χ2n) is 6.58. The molecular formula is C24H24N2O4. The van der Waals surface area contributed by atoms with Gasteiger partial charge in [0.2, 0.25) is 0 Å². The number of rotatable bonds is 8. The van der Waals surface area contributed by atoms with E-state index in [0.717, 1.165) is 11.3 Å². The van der Waals surface area contributed by atoms with Gasteiger partial charge in [0.1, 0.15) is 11.5 Å². The fourth-order valence-electron chi connectivity index (χ4n) is 2.93. The van der Waals surface area contributed by atoms with Crippen molar-refractivity contribution in [1.82, 2.24) is 5.32 Å². The molecule has 0 aromatic heterocycles. The number of ether oxygens (including phenoxy) is 2. The van der Waals surface area contributed by atoms with Gasteiger partial charge in [0.15, 0.2) is 0 Å². The first-order chi connectivity index (χ1) is 14.6. The summed E-state index contributed by atoms with van der Waals surface area (Å²) in [6.07, 6.45) is 0.691. The molecule has 3 aromatic rings. The molecule has 6 heteroatoms. The quantitative estimate of drug-likeness (QED) is 0.596. The third-order valence-corrected chi connectivity index (χ3v) is 4.63. The Morgan fingerprint density at radius 1 is 0.767 bits per heavy atom. The Morgan fingerprint density at radius 3 is 2.00 bits per heavy atom. The molecule has 0 radical (unpaired) electrons. The largest absolute Gasteiger partial charge is 0.497 e. The van der Waals surface area contributed by atoms with E-state index in [1.165, 1.54) is 0 Å². The van der Waals surface area contributed by atoms with Gasteiger partial charge in [-0.2, -0.15) is 0 Å². The van der Waals surface area contributed by atoms with E-state index in [1.807, 2.05) is 24.3 Å². The molecule has 0 aliphatic heterocycles. The van der Waals surface area contributed by atoms with Gasteiger partial charge in [0.25, 0.3) is 11.8 Å². The van der Waals surface area contributed by atoms with Crippen LogP contribution in [0.3, 0.4) is 0 Å². The van der Waals surface area contributed by atoms with Crippen molar-refractivity contribution < 1.29 is 19.1 Å². The number of hydrogen-bond acceptors (Lipinski definition) is 4. The van der Waals surface area contributed by atoms with Gasteiger partial charge in [-0.3, -0.25) is 9.59 Å². The zero-order valence-electron chi connectivity index (χ0n) is 17.0. The minimum atomic E-state index is -0.295. The van der Waals surface area contributed by atoms with Crippen molar-refractivity contribution in [3.63, 3.8) is 0 Å². The smallest absolute Gasteiger partial charge is 0.255 e. The summed E-state index contributed by atoms with van der Waals surface area (Å²) in [5.41, 5.74) is 2.44. The molecule has 0 saturated heterocycles. The lowest BCUT2D eigenvalue weighted by atomic mass is 10.1. The highest BCUT2D eigenvalue weighted by Crippen LogP contribution is 2.18. The predicted octanol–water partition coefficient (Wildman–Crippen LogP) is 3.93. The predicted molar refractivity (Wildman–Crippen MR) is 116 cm³/mol. The van der Waals surface area contributed by atoms with Crippen LogP contribution in [0.2, 0.25) is 0 Å². The molecule has 30 heavy (non-hydrogen) atoms. The molecule has 0 bridgehead atoms. The fourth-order valence-corrected chi connectivity index (χ4v) is 2.93. The summed E-state index contributed by atoms with van der Waals surface area (Å²) >= 11 is 0. The number of hydrogen-bond donors (Lipinski definition) is 2. The molecule has 3 aromatic carbocycles. The third kappa shape index (κ3) is 5.38.